The van der Waals surface area contributed by atoms with E-state index in [4.69, 9.17) is 9.47 Å². The largest absolute Gasteiger partial charge is 0.494 e. The van der Waals surface area contributed by atoms with Gasteiger partial charge in [0.2, 0.25) is 5.13 Å². The summed E-state index contributed by atoms with van der Waals surface area (Å²) in [4.78, 5) is 11.6. The van der Waals surface area contributed by atoms with E-state index in [1.54, 1.807) is 24.8 Å². The molecule has 0 radical (unpaired) electrons. The minimum atomic E-state index is 0.0498. The van der Waals surface area contributed by atoms with Gasteiger partial charge < -0.3 is 14.8 Å². The summed E-state index contributed by atoms with van der Waals surface area (Å²) in [6, 6.07) is 5.56. The molecule has 0 aliphatic carbocycles. The van der Waals surface area contributed by atoms with Crippen molar-refractivity contribution in [1.82, 2.24) is 10.2 Å². The van der Waals surface area contributed by atoms with Gasteiger partial charge in [0.25, 0.3) is 0 Å². The normalized spacial score (nSPS) is 10.7. The predicted octanol–water partition coefficient (Wildman–Crippen LogP) is 4.27. The van der Waals surface area contributed by atoms with Crippen molar-refractivity contribution in [1.29, 1.82) is 0 Å². The first-order chi connectivity index (χ1) is 12.6. The number of anilines is 1. The van der Waals surface area contributed by atoms with Gasteiger partial charge >= 0.3 is 0 Å². The van der Waals surface area contributed by atoms with Crippen molar-refractivity contribution >= 4 is 34.0 Å². The molecule has 8 heteroatoms. The van der Waals surface area contributed by atoms with E-state index in [-0.39, 0.29) is 5.78 Å². The lowest BCUT2D eigenvalue weighted by Gasteiger charge is -2.10. The van der Waals surface area contributed by atoms with Crippen molar-refractivity contribution in [3.05, 3.63) is 29.3 Å². The molecule has 0 aliphatic heterocycles. The van der Waals surface area contributed by atoms with E-state index in [1.165, 1.54) is 11.3 Å². The molecule has 0 saturated carbocycles. The number of ketones is 1. The Morgan fingerprint density at radius 1 is 1.27 bits per heavy atom. The number of hydrogen-bond donors (Lipinski definition) is 1. The molecule has 2 aromatic rings. The molecule has 6 nitrogen and oxygen atoms in total. The molecular formula is C18H25N3O3S2. The Labute approximate surface area is 162 Å². The third-order valence-electron chi connectivity index (χ3n) is 3.47. The van der Waals surface area contributed by atoms with Crippen molar-refractivity contribution in [3.8, 4) is 5.75 Å². The van der Waals surface area contributed by atoms with E-state index < -0.39 is 0 Å². The minimum Gasteiger partial charge on any atom is -0.494 e. The SMILES string of the molecule is CCOCCCNc1nnc(SCc2cc(C(C)=O)ccc2OCC)s1. The molecular weight excluding hydrogens is 370 g/mol. The third kappa shape index (κ3) is 6.59. The van der Waals surface area contributed by atoms with Crippen LogP contribution in [0.25, 0.3) is 0 Å². The highest BCUT2D eigenvalue weighted by atomic mass is 32.2. The molecule has 0 atom stereocenters. The molecule has 0 saturated heterocycles. The van der Waals surface area contributed by atoms with Crippen LogP contribution >= 0.6 is 23.1 Å². The topological polar surface area (TPSA) is 73.3 Å². The Balaban J connectivity index is 1.91. The number of nitrogens with zero attached hydrogens (tertiary/aromatic N) is 2. The quantitative estimate of drug-likeness (QED) is 0.327. The summed E-state index contributed by atoms with van der Waals surface area (Å²) in [5, 5.41) is 12.4. The number of benzene rings is 1. The molecule has 0 fully saturated rings. The fourth-order valence-electron chi connectivity index (χ4n) is 2.20. The van der Waals surface area contributed by atoms with Crippen molar-refractivity contribution in [2.75, 3.05) is 31.7 Å². The molecule has 1 aromatic heterocycles. The van der Waals surface area contributed by atoms with Gasteiger partial charge in [0.15, 0.2) is 10.1 Å². The van der Waals surface area contributed by atoms with Gasteiger partial charge in [0.1, 0.15) is 5.75 Å². The van der Waals surface area contributed by atoms with Gasteiger partial charge in [-0.15, -0.1) is 10.2 Å². The first-order valence-electron chi connectivity index (χ1n) is 8.68. The average Bonchev–Trinajstić information content (AvgIpc) is 3.08. The Bertz CT molecular complexity index is 707. The number of aromatic nitrogens is 2. The highest BCUT2D eigenvalue weighted by Crippen LogP contribution is 2.32. The Morgan fingerprint density at radius 3 is 2.85 bits per heavy atom. The van der Waals surface area contributed by atoms with E-state index in [0.717, 1.165) is 47.0 Å². The fraction of sp³-hybridized carbons (Fsp3) is 0.500. The summed E-state index contributed by atoms with van der Waals surface area (Å²) < 4.78 is 11.9. The summed E-state index contributed by atoms with van der Waals surface area (Å²) >= 11 is 3.12. The van der Waals surface area contributed by atoms with Crippen LogP contribution in [0, 0.1) is 0 Å². The molecule has 0 unspecified atom stereocenters. The molecule has 26 heavy (non-hydrogen) atoms. The summed E-state index contributed by atoms with van der Waals surface area (Å²) in [6.45, 7) is 8.40. The number of ether oxygens (including phenoxy) is 2. The lowest BCUT2D eigenvalue weighted by atomic mass is 10.1. The van der Waals surface area contributed by atoms with Crippen LogP contribution < -0.4 is 10.1 Å². The summed E-state index contributed by atoms with van der Waals surface area (Å²) in [6.07, 6.45) is 0.936. The lowest BCUT2D eigenvalue weighted by Crippen LogP contribution is -2.05. The average molecular weight is 396 g/mol. The Kier molecular flexibility index (Phi) is 8.87. The van der Waals surface area contributed by atoms with Gasteiger partial charge in [0, 0.05) is 36.6 Å². The summed E-state index contributed by atoms with van der Waals surface area (Å²) in [7, 11) is 0. The van der Waals surface area contributed by atoms with Gasteiger partial charge in [-0.1, -0.05) is 23.1 Å². The number of nitrogens with one attached hydrogen (secondary N) is 1. The Hall–Kier alpha value is -1.64. The van der Waals surface area contributed by atoms with Crippen molar-refractivity contribution < 1.29 is 14.3 Å². The van der Waals surface area contributed by atoms with Gasteiger partial charge in [-0.3, -0.25) is 4.79 Å². The molecule has 1 heterocycles. The van der Waals surface area contributed by atoms with Crippen LogP contribution in [0.15, 0.2) is 22.5 Å². The second kappa shape index (κ2) is 11.2. The number of carbonyl (C=O) groups excluding carboxylic acids is 1. The number of carbonyl (C=O) groups is 1. The van der Waals surface area contributed by atoms with Crippen molar-refractivity contribution in [2.45, 2.75) is 37.3 Å². The molecule has 0 bridgehead atoms. The first kappa shape index (κ1) is 20.7. The van der Waals surface area contributed by atoms with Crippen molar-refractivity contribution in [3.63, 3.8) is 0 Å². The van der Waals surface area contributed by atoms with E-state index in [9.17, 15) is 4.79 Å². The van der Waals surface area contributed by atoms with E-state index in [2.05, 4.69) is 15.5 Å². The third-order valence-corrected chi connectivity index (χ3v) is 5.53. The molecule has 0 aliphatic rings. The van der Waals surface area contributed by atoms with Gasteiger partial charge in [-0.05, 0) is 45.4 Å². The van der Waals surface area contributed by atoms with Crippen LogP contribution in [0.3, 0.4) is 0 Å². The van der Waals surface area contributed by atoms with Gasteiger partial charge in [-0.2, -0.15) is 0 Å². The standard InChI is InChI=1S/C18H25N3O3S2/c1-4-23-10-6-9-19-17-20-21-18(26-17)25-12-15-11-14(13(3)22)7-8-16(15)24-5-2/h7-8,11H,4-6,9-10,12H2,1-3H3,(H,19,20). The van der Waals surface area contributed by atoms with Crippen molar-refractivity contribution in [2.24, 2.45) is 0 Å². The van der Waals surface area contributed by atoms with Crippen LogP contribution in [-0.4, -0.2) is 42.3 Å². The number of hydrogen-bond acceptors (Lipinski definition) is 8. The number of thioether (sulfide) groups is 1. The van der Waals surface area contributed by atoms with Crippen LogP contribution in [0.2, 0.25) is 0 Å². The smallest absolute Gasteiger partial charge is 0.206 e. The molecule has 1 N–H and O–H groups in total. The lowest BCUT2D eigenvalue weighted by molar-refractivity contribution is 0.101. The fourth-order valence-corrected chi connectivity index (χ4v) is 3.96. The highest BCUT2D eigenvalue weighted by Gasteiger charge is 2.11. The zero-order valence-electron chi connectivity index (χ0n) is 15.4. The summed E-state index contributed by atoms with van der Waals surface area (Å²) in [5.41, 5.74) is 1.68. The second-order valence-corrected chi connectivity index (χ2v) is 7.65. The van der Waals surface area contributed by atoms with E-state index in [0.29, 0.717) is 17.9 Å². The minimum absolute atomic E-state index is 0.0498. The first-order valence-corrected chi connectivity index (χ1v) is 10.5. The molecule has 2 rings (SSSR count). The zero-order chi connectivity index (χ0) is 18.8. The number of rotatable bonds is 12. The van der Waals surface area contributed by atoms with E-state index in [1.807, 2.05) is 26.0 Å². The highest BCUT2D eigenvalue weighted by molar-refractivity contribution is 8.00. The second-order valence-electron chi connectivity index (χ2n) is 5.45. The zero-order valence-corrected chi connectivity index (χ0v) is 17.0. The van der Waals surface area contributed by atoms with Crippen LogP contribution in [-0.2, 0) is 10.5 Å². The summed E-state index contributed by atoms with van der Waals surface area (Å²) in [5.74, 6) is 1.53. The van der Waals surface area contributed by atoms with Gasteiger partial charge in [0.05, 0.1) is 6.61 Å². The maximum Gasteiger partial charge on any atom is 0.206 e. The van der Waals surface area contributed by atoms with Crippen LogP contribution in [0.5, 0.6) is 5.75 Å². The molecule has 0 spiro atoms. The van der Waals surface area contributed by atoms with Crippen LogP contribution in [0.4, 0.5) is 5.13 Å². The Morgan fingerprint density at radius 2 is 2.12 bits per heavy atom. The monoisotopic (exact) mass is 395 g/mol. The molecule has 142 valence electrons. The van der Waals surface area contributed by atoms with Crippen LogP contribution in [0.1, 0.15) is 43.1 Å². The number of Topliss-reactive ketones (excluding diaryl/α,β-unsaturated/α-hetero) is 1. The van der Waals surface area contributed by atoms with Gasteiger partial charge in [-0.25, -0.2) is 0 Å². The molecule has 1 aromatic carbocycles. The molecule has 0 amide bonds. The maximum atomic E-state index is 11.6. The predicted molar refractivity (Wildman–Crippen MR) is 107 cm³/mol. The van der Waals surface area contributed by atoms with E-state index >= 15 is 0 Å². The maximum absolute atomic E-state index is 11.6.